The predicted octanol–water partition coefficient (Wildman–Crippen LogP) is 4.06. The Morgan fingerprint density at radius 1 is 1.03 bits per heavy atom. The van der Waals surface area contributed by atoms with Crippen LogP contribution in [0.4, 0.5) is 18.9 Å². The first-order valence-electron chi connectivity index (χ1n) is 9.83. The minimum Gasteiger partial charge on any atom is -0.495 e. The first kappa shape index (κ1) is 24.8. The molecule has 0 spiro atoms. The van der Waals surface area contributed by atoms with Crippen molar-refractivity contribution in [2.75, 3.05) is 18.0 Å². The maximum Gasteiger partial charge on any atom is 0.416 e. The van der Waals surface area contributed by atoms with E-state index in [1.54, 1.807) is 36.4 Å². The van der Waals surface area contributed by atoms with E-state index in [0.717, 1.165) is 22.7 Å². The molecule has 0 bridgehead atoms. The number of carbonyl (C=O) groups is 1. The maximum absolute atomic E-state index is 13.3. The van der Waals surface area contributed by atoms with Crippen LogP contribution in [-0.4, -0.2) is 34.2 Å². The van der Waals surface area contributed by atoms with Gasteiger partial charge >= 0.3 is 6.18 Å². The van der Waals surface area contributed by atoms with E-state index in [-0.39, 0.29) is 21.9 Å². The Labute approximate surface area is 194 Å². The van der Waals surface area contributed by atoms with E-state index in [4.69, 9.17) is 4.74 Å². The van der Waals surface area contributed by atoms with Crippen LogP contribution in [0.25, 0.3) is 0 Å². The zero-order valence-corrected chi connectivity index (χ0v) is 18.7. The highest BCUT2D eigenvalue weighted by atomic mass is 32.2. The van der Waals surface area contributed by atoms with Crippen molar-refractivity contribution in [1.82, 2.24) is 5.43 Å². The summed E-state index contributed by atoms with van der Waals surface area (Å²) in [5.74, 6) is -0.587. The normalized spacial score (nSPS) is 11.9. The van der Waals surface area contributed by atoms with Gasteiger partial charge in [-0.1, -0.05) is 42.5 Å². The number of methoxy groups -OCH3 is 1. The number of ether oxygens (including phenoxy) is 1. The van der Waals surface area contributed by atoms with E-state index < -0.39 is 34.2 Å². The molecule has 3 aromatic carbocycles. The Morgan fingerprint density at radius 3 is 2.38 bits per heavy atom. The second-order valence-corrected chi connectivity index (χ2v) is 8.78. The number of hydrogen-bond acceptors (Lipinski definition) is 5. The fourth-order valence-corrected chi connectivity index (χ4v) is 4.45. The van der Waals surface area contributed by atoms with E-state index in [1.165, 1.54) is 37.4 Å². The van der Waals surface area contributed by atoms with Crippen molar-refractivity contribution in [1.29, 1.82) is 0 Å². The SMILES string of the molecule is COc1ccccc1N(CC(=O)N/N=C\c1cccc(C(F)(F)F)c1)S(=O)(=O)c1ccccc1. The highest BCUT2D eigenvalue weighted by Crippen LogP contribution is 2.32. The van der Waals surface area contributed by atoms with Gasteiger partial charge in [0, 0.05) is 0 Å². The fourth-order valence-electron chi connectivity index (χ4n) is 3.00. The van der Waals surface area contributed by atoms with E-state index in [1.807, 2.05) is 0 Å². The lowest BCUT2D eigenvalue weighted by atomic mass is 10.1. The molecule has 1 N–H and O–H groups in total. The summed E-state index contributed by atoms with van der Waals surface area (Å²) in [7, 11) is -2.80. The number of hydrazone groups is 1. The number of carbonyl (C=O) groups excluding carboxylic acids is 1. The Bertz CT molecular complexity index is 1280. The van der Waals surface area contributed by atoms with Gasteiger partial charge in [-0.3, -0.25) is 9.10 Å². The molecule has 11 heteroatoms. The van der Waals surface area contributed by atoms with Gasteiger partial charge in [0.05, 0.1) is 29.5 Å². The van der Waals surface area contributed by atoms with Gasteiger partial charge in [-0.15, -0.1) is 0 Å². The molecule has 3 rings (SSSR count). The molecule has 0 radical (unpaired) electrons. The molecule has 0 saturated carbocycles. The monoisotopic (exact) mass is 491 g/mol. The Morgan fingerprint density at radius 2 is 1.71 bits per heavy atom. The Kier molecular flexibility index (Phi) is 7.57. The fraction of sp³-hybridized carbons (Fsp3) is 0.130. The lowest BCUT2D eigenvalue weighted by Crippen LogP contribution is -2.39. The Hall–Kier alpha value is -3.86. The Balaban J connectivity index is 1.84. The largest absolute Gasteiger partial charge is 0.495 e. The molecule has 0 saturated heterocycles. The topological polar surface area (TPSA) is 88.1 Å². The van der Waals surface area contributed by atoms with Crippen LogP contribution in [0.3, 0.4) is 0 Å². The standard InChI is InChI=1S/C23H20F3N3O4S/c1-33-21-13-6-5-12-20(21)29(34(31,32)19-10-3-2-4-11-19)16-22(30)28-27-15-17-8-7-9-18(14-17)23(24,25)26/h2-15H,16H2,1H3,(H,28,30)/b27-15-. The third-order valence-corrected chi connectivity index (χ3v) is 6.36. The quantitative estimate of drug-likeness (QED) is 0.380. The lowest BCUT2D eigenvalue weighted by Gasteiger charge is -2.25. The van der Waals surface area contributed by atoms with Gasteiger partial charge < -0.3 is 4.74 Å². The average molecular weight is 491 g/mol. The summed E-state index contributed by atoms with van der Waals surface area (Å²) in [5, 5.41) is 3.66. The van der Waals surface area contributed by atoms with Gasteiger partial charge in [-0.2, -0.15) is 18.3 Å². The van der Waals surface area contributed by atoms with Gasteiger partial charge in [0.2, 0.25) is 0 Å². The summed E-state index contributed by atoms with van der Waals surface area (Å²) in [4.78, 5) is 12.5. The molecular formula is C23H20F3N3O4S. The molecule has 0 aliphatic heterocycles. The molecule has 0 aliphatic rings. The summed E-state index contributed by atoms with van der Waals surface area (Å²) in [6, 6.07) is 18.2. The number of benzene rings is 3. The predicted molar refractivity (Wildman–Crippen MR) is 121 cm³/mol. The van der Waals surface area contributed by atoms with Crippen LogP contribution >= 0.6 is 0 Å². The van der Waals surface area contributed by atoms with Crippen molar-refractivity contribution in [3.05, 3.63) is 90.0 Å². The highest BCUT2D eigenvalue weighted by Gasteiger charge is 2.30. The average Bonchev–Trinajstić information content (AvgIpc) is 2.82. The molecule has 0 unspecified atom stereocenters. The van der Waals surface area contributed by atoms with Crippen LogP contribution in [-0.2, 0) is 21.0 Å². The number of nitrogens with one attached hydrogen (secondary N) is 1. The third kappa shape index (κ3) is 5.93. The van der Waals surface area contributed by atoms with Gasteiger partial charge in [0.1, 0.15) is 12.3 Å². The van der Waals surface area contributed by atoms with Gasteiger partial charge in [0.25, 0.3) is 15.9 Å². The van der Waals surface area contributed by atoms with Crippen molar-refractivity contribution < 1.29 is 31.1 Å². The molecule has 34 heavy (non-hydrogen) atoms. The molecule has 1 amide bonds. The molecule has 0 fully saturated rings. The molecule has 0 aromatic heterocycles. The molecule has 178 valence electrons. The van der Waals surface area contributed by atoms with Crippen molar-refractivity contribution in [3.63, 3.8) is 0 Å². The number of amides is 1. The first-order chi connectivity index (χ1) is 16.1. The van der Waals surface area contributed by atoms with Gasteiger partial charge in [-0.05, 0) is 42.0 Å². The third-order valence-electron chi connectivity index (χ3n) is 4.59. The van der Waals surface area contributed by atoms with Crippen molar-refractivity contribution in [2.45, 2.75) is 11.1 Å². The van der Waals surface area contributed by atoms with Crippen molar-refractivity contribution in [3.8, 4) is 5.75 Å². The van der Waals surface area contributed by atoms with Crippen LogP contribution in [0.5, 0.6) is 5.75 Å². The molecule has 3 aromatic rings. The number of halogens is 3. The van der Waals surface area contributed by atoms with Gasteiger partial charge in [-0.25, -0.2) is 13.8 Å². The molecular weight excluding hydrogens is 471 g/mol. The summed E-state index contributed by atoms with van der Waals surface area (Å²) in [6.07, 6.45) is -3.49. The number of anilines is 1. The number of nitrogens with zero attached hydrogens (tertiary/aromatic N) is 2. The number of para-hydroxylation sites is 2. The van der Waals surface area contributed by atoms with Crippen molar-refractivity contribution in [2.24, 2.45) is 5.10 Å². The zero-order chi connectivity index (χ0) is 24.8. The number of rotatable bonds is 8. The number of hydrogen-bond donors (Lipinski definition) is 1. The smallest absolute Gasteiger partial charge is 0.416 e. The minimum absolute atomic E-state index is 0.0406. The second-order valence-electron chi connectivity index (χ2n) is 6.91. The lowest BCUT2D eigenvalue weighted by molar-refractivity contribution is -0.137. The van der Waals surface area contributed by atoms with Crippen LogP contribution < -0.4 is 14.5 Å². The molecule has 0 atom stereocenters. The summed E-state index contributed by atoms with van der Waals surface area (Å²) in [6.45, 7) is -0.655. The molecule has 0 heterocycles. The number of alkyl halides is 3. The van der Waals surface area contributed by atoms with Crippen LogP contribution in [0, 0.1) is 0 Å². The highest BCUT2D eigenvalue weighted by molar-refractivity contribution is 7.92. The molecule has 7 nitrogen and oxygen atoms in total. The molecule has 0 aliphatic carbocycles. The van der Waals surface area contributed by atoms with Crippen LogP contribution in [0.2, 0.25) is 0 Å². The second kappa shape index (κ2) is 10.4. The van der Waals surface area contributed by atoms with Crippen molar-refractivity contribution >= 4 is 27.8 Å². The van der Waals surface area contributed by atoms with Crippen LogP contribution in [0.1, 0.15) is 11.1 Å². The van der Waals surface area contributed by atoms with Crippen LogP contribution in [0.15, 0.2) is 88.9 Å². The van der Waals surface area contributed by atoms with E-state index in [2.05, 4.69) is 10.5 Å². The summed E-state index contributed by atoms with van der Waals surface area (Å²) in [5.41, 5.74) is 1.53. The van der Waals surface area contributed by atoms with E-state index in [0.29, 0.717) is 0 Å². The number of sulfonamides is 1. The van der Waals surface area contributed by atoms with E-state index in [9.17, 15) is 26.4 Å². The summed E-state index contributed by atoms with van der Waals surface area (Å²) < 4.78 is 71.3. The first-order valence-corrected chi connectivity index (χ1v) is 11.3. The maximum atomic E-state index is 13.3. The minimum atomic E-state index is -4.52. The van der Waals surface area contributed by atoms with Gasteiger partial charge in [0.15, 0.2) is 0 Å². The zero-order valence-electron chi connectivity index (χ0n) is 17.9. The van der Waals surface area contributed by atoms with E-state index >= 15 is 0 Å². The summed E-state index contributed by atoms with van der Waals surface area (Å²) >= 11 is 0.